The van der Waals surface area contributed by atoms with E-state index >= 15 is 0 Å². The lowest BCUT2D eigenvalue weighted by Gasteiger charge is -2.15. The van der Waals surface area contributed by atoms with E-state index in [1.807, 2.05) is 19.1 Å². The largest absolute Gasteiger partial charge is 0.309 e. The first-order valence-electron chi connectivity index (χ1n) is 7.10. The normalized spacial score (nSPS) is 10.6. The van der Waals surface area contributed by atoms with Crippen LogP contribution in [-0.4, -0.2) is 17.9 Å². The van der Waals surface area contributed by atoms with E-state index in [0.29, 0.717) is 4.88 Å². The molecule has 1 amide bonds. The fourth-order valence-electron chi connectivity index (χ4n) is 2.34. The first kappa shape index (κ1) is 15.4. The fourth-order valence-corrected chi connectivity index (χ4v) is 3.36. The lowest BCUT2D eigenvalue weighted by Crippen LogP contribution is -2.25. The molecule has 0 radical (unpaired) electrons. The molecule has 2 heterocycles. The Morgan fingerprint density at radius 2 is 1.96 bits per heavy atom. The van der Waals surface area contributed by atoms with Crippen LogP contribution in [0, 0.1) is 12.7 Å². The van der Waals surface area contributed by atoms with Crippen LogP contribution in [0.5, 0.6) is 0 Å². The molecule has 3 nitrogen and oxygen atoms in total. The number of hydrogen-bond acceptors (Lipinski definition) is 3. The topological polar surface area (TPSA) is 33.2 Å². The van der Waals surface area contributed by atoms with Gasteiger partial charge < -0.3 is 4.90 Å². The van der Waals surface area contributed by atoms with E-state index in [1.54, 1.807) is 42.5 Å². The highest BCUT2D eigenvalue weighted by molar-refractivity contribution is 7.14. The number of hydrogen-bond donors (Lipinski definition) is 0. The van der Waals surface area contributed by atoms with Gasteiger partial charge in [0.15, 0.2) is 0 Å². The molecule has 0 atom stereocenters. The summed E-state index contributed by atoms with van der Waals surface area (Å²) in [6.07, 6.45) is 3.32. The van der Waals surface area contributed by atoms with E-state index in [2.05, 4.69) is 4.98 Å². The molecule has 116 valence electrons. The number of halogens is 1. The van der Waals surface area contributed by atoms with Crippen LogP contribution in [0.2, 0.25) is 0 Å². The number of pyridine rings is 1. The molecule has 2 aromatic heterocycles. The first-order valence-corrected chi connectivity index (χ1v) is 7.92. The van der Waals surface area contributed by atoms with Gasteiger partial charge in [0, 0.05) is 18.1 Å². The molecule has 0 fully saturated rings. The number of aryl methyl sites for hydroxylation is 1. The van der Waals surface area contributed by atoms with E-state index < -0.39 is 0 Å². The Morgan fingerprint density at radius 3 is 2.61 bits per heavy atom. The molecule has 3 aromatic rings. The van der Waals surface area contributed by atoms with Crippen molar-refractivity contribution in [3.63, 3.8) is 0 Å². The van der Waals surface area contributed by atoms with Gasteiger partial charge in [-0.25, -0.2) is 4.39 Å². The number of thiophene rings is 1. The van der Waals surface area contributed by atoms with Gasteiger partial charge in [-0.3, -0.25) is 9.78 Å². The van der Waals surface area contributed by atoms with Crippen molar-refractivity contribution in [1.82, 2.24) is 4.98 Å². The molecule has 0 bridgehead atoms. The van der Waals surface area contributed by atoms with Gasteiger partial charge in [-0.05, 0) is 48.4 Å². The van der Waals surface area contributed by atoms with Crippen molar-refractivity contribution in [1.29, 1.82) is 0 Å². The lowest BCUT2D eigenvalue weighted by atomic mass is 10.1. The minimum Gasteiger partial charge on any atom is -0.309 e. The third-order valence-electron chi connectivity index (χ3n) is 3.62. The van der Waals surface area contributed by atoms with Gasteiger partial charge in [0.05, 0.1) is 16.8 Å². The molecule has 0 spiro atoms. The molecule has 0 saturated carbocycles. The van der Waals surface area contributed by atoms with E-state index in [1.165, 1.54) is 23.5 Å². The summed E-state index contributed by atoms with van der Waals surface area (Å²) in [5.74, 6) is -0.353. The van der Waals surface area contributed by atoms with Gasteiger partial charge in [0.25, 0.3) is 5.91 Å². The number of amides is 1. The van der Waals surface area contributed by atoms with Crippen LogP contribution in [0.4, 0.5) is 10.1 Å². The van der Waals surface area contributed by atoms with Crippen LogP contribution < -0.4 is 4.90 Å². The van der Waals surface area contributed by atoms with Crippen LogP contribution in [0.25, 0.3) is 11.1 Å². The molecule has 0 saturated heterocycles. The Kier molecular flexibility index (Phi) is 4.21. The molecule has 5 heteroatoms. The maximum Gasteiger partial charge on any atom is 0.268 e. The third-order valence-corrected chi connectivity index (χ3v) is 4.66. The minimum atomic E-state index is -0.269. The summed E-state index contributed by atoms with van der Waals surface area (Å²) in [4.78, 5) is 19.9. The molecule has 23 heavy (non-hydrogen) atoms. The summed E-state index contributed by atoms with van der Waals surface area (Å²) in [6.45, 7) is 1.96. The van der Waals surface area contributed by atoms with Gasteiger partial charge in [0.1, 0.15) is 5.82 Å². The van der Waals surface area contributed by atoms with Crippen molar-refractivity contribution < 1.29 is 9.18 Å². The summed E-state index contributed by atoms with van der Waals surface area (Å²) >= 11 is 1.44. The average molecular weight is 326 g/mol. The Labute approximate surface area is 138 Å². The van der Waals surface area contributed by atoms with Gasteiger partial charge in [-0.2, -0.15) is 0 Å². The molecule has 1 aromatic carbocycles. The molecule has 0 unspecified atom stereocenters. The first-order chi connectivity index (χ1) is 11.1. The van der Waals surface area contributed by atoms with E-state index in [4.69, 9.17) is 0 Å². The molecule has 0 aliphatic carbocycles. The second kappa shape index (κ2) is 6.30. The molecule has 3 rings (SSSR count). The van der Waals surface area contributed by atoms with Crippen LogP contribution in [0.15, 0.2) is 54.9 Å². The Hall–Kier alpha value is -2.53. The second-order valence-electron chi connectivity index (χ2n) is 5.16. The van der Waals surface area contributed by atoms with Gasteiger partial charge in [0.2, 0.25) is 0 Å². The molecule has 0 N–H and O–H groups in total. The predicted molar refractivity (Wildman–Crippen MR) is 91.4 cm³/mol. The maximum absolute atomic E-state index is 13.1. The fraction of sp³-hybridized carbons (Fsp3) is 0.111. The van der Waals surface area contributed by atoms with Crippen molar-refractivity contribution >= 4 is 22.9 Å². The zero-order valence-electron chi connectivity index (χ0n) is 12.8. The number of aromatic nitrogens is 1. The number of carbonyl (C=O) groups excluding carboxylic acids is 1. The quantitative estimate of drug-likeness (QED) is 0.708. The number of nitrogens with zero attached hydrogens (tertiary/aromatic N) is 2. The zero-order valence-corrected chi connectivity index (χ0v) is 13.6. The molecular weight excluding hydrogens is 311 g/mol. The number of benzene rings is 1. The van der Waals surface area contributed by atoms with Crippen molar-refractivity contribution in [2.45, 2.75) is 6.92 Å². The highest BCUT2D eigenvalue weighted by atomic mass is 32.1. The van der Waals surface area contributed by atoms with Crippen LogP contribution in [-0.2, 0) is 0 Å². The van der Waals surface area contributed by atoms with Crippen LogP contribution in [0.3, 0.4) is 0 Å². The van der Waals surface area contributed by atoms with Gasteiger partial charge >= 0.3 is 0 Å². The SMILES string of the molecule is Cc1sc(C(=O)N(C)c2cccnc2)cc1-c1ccc(F)cc1. The standard InChI is InChI=1S/C18H15FN2OS/c1-12-16(13-5-7-14(19)8-6-13)10-17(23-12)18(22)21(2)15-4-3-9-20-11-15/h3-11H,1-2H3. The third kappa shape index (κ3) is 3.14. The van der Waals surface area contributed by atoms with Crippen molar-refractivity contribution in [3.8, 4) is 11.1 Å². The molecule has 0 aliphatic heterocycles. The Bertz CT molecular complexity index is 828. The minimum absolute atomic E-state index is 0.0838. The molecule has 0 aliphatic rings. The van der Waals surface area contributed by atoms with Crippen molar-refractivity contribution in [3.05, 3.63) is 70.4 Å². The summed E-state index contributed by atoms with van der Waals surface area (Å²) < 4.78 is 13.1. The molecular formula is C18H15FN2OS. The van der Waals surface area contributed by atoms with Crippen LogP contribution in [0.1, 0.15) is 14.5 Å². The second-order valence-corrected chi connectivity index (χ2v) is 6.42. The Morgan fingerprint density at radius 1 is 1.22 bits per heavy atom. The smallest absolute Gasteiger partial charge is 0.268 e. The van der Waals surface area contributed by atoms with Gasteiger partial charge in [-0.1, -0.05) is 12.1 Å². The number of anilines is 1. The zero-order chi connectivity index (χ0) is 16.4. The lowest BCUT2D eigenvalue weighted by molar-refractivity contribution is 0.0997. The summed E-state index contributed by atoms with van der Waals surface area (Å²) in [7, 11) is 1.73. The van der Waals surface area contributed by atoms with E-state index in [0.717, 1.165) is 21.7 Å². The number of rotatable bonds is 3. The number of carbonyl (C=O) groups is 1. The highest BCUT2D eigenvalue weighted by Gasteiger charge is 2.18. The van der Waals surface area contributed by atoms with E-state index in [9.17, 15) is 9.18 Å². The Balaban J connectivity index is 1.91. The summed E-state index contributed by atoms with van der Waals surface area (Å²) in [5.41, 5.74) is 2.60. The van der Waals surface area contributed by atoms with E-state index in [-0.39, 0.29) is 11.7 Å². The van der Waals surface area contributed by atoms with Gasteiger partial charge in [-0.15, -0.1) is 11.3 Å². The van der Waals surface area contributed by atoms with Crippen molar-refractivity contribution in [2.75, 3.05) is 11.9 Å². The highest BCUT2D eigenvalue weighted by Crippen LogP contribution is 2.32. The summed E-state index contributed by atoms with van der Waals surface area (Å²) in [5, 5.41) is 0. The predicted octanol–water partition coefficient (Wildman–Crippen LogP) is 4.53. The maximum atomic E-state index is 13.1. The summed E-state index contributed by atoms with van der Waals surface area (Å²) in [6, 6.07) is 11.8. The van der Waals surface area contributed by atoms with Crippen molar-refractivity contribution in [2.24, 2.45) is 0 Å². The van der Waals surface area contributed by atoms with Crippen LogP contribution >= 0.6 is 11.3 Å². The average Bonchev–Trinajstić information content (AvgIpc) is 2.97. The monoisotopic (exact) mass is 326 g/mol.